The van der Waals surface area contributed by atoms with Crippen molar-refractivity contribution in [2.45, 2.75) is 25.4 Å². The van der Waals surface area contributed by atoms with Gasteiger partial charge in [-0.05, 0) is 43.4 Å². The summed E-state index contributed by atoms with van der Waals surface area (Å²) in [5, 5.41) is 2.97. The second-order valence-corrected chi connectivity index (χ2v) is 5.62. The van der Waals surface area contributed by atoms with E-state index in [0.717, 1.165) is 19.3 Å². The van der Waals surface area contributed by atoms with Gasteiger partial charge in [-0.25, -0.2) is 0 Å². The van der Waals surface area contributed by atoms with Crippen molar-refractivity contribution in [1.82, 2.24) is 5.32 Å². The third-order valence-electron chi connectivity index (χ3n) is 4.07. The second kappa shape index (κ2) is 5.32. The number of nitrogens with two attached hydrogens (primary N) is 1. The Morgan fingerprint density at radius 1 is 1.35 bits per heavy atom. The molecule has 2 aliphatic rings. The topological polar surface area (TPSA) is 73.6 Å². The molecule has 1 atom stereocenters. The first-order chi connectivity index (χ1) is 9.72. The number of nitrogens with one attached hydrogen (secondary N) is 1. The highest BCUT2D eigenvalue weighted by molar-refractivity contribution is 5.81. The molecule has 0 aromatic heterocycles. The van der Waals surface area contributed by atoms with Gasteiger partial charge in [-0.15, -0.1) is 0 Å². The van der Waals surface area contributed by atoms with Gasteiger partial charge in [0.15, 0.2) is 11.5 Å². The molecule has 0 saturated heterocycles. The fourth-order valence-electron chi connectivity index (χ4n) is 2.54. The summed E-state index contributed by atoms with van der Waals surface area (Å²) in [5.41, 5.74) is 5.83. The Kier molecular flexibility index (Phi) is 3.53. The maximum atomic E-state index is 12.1. The van der Waals surface area contributed by atoms with Gasteiger partial charge < -0.3 is 20.5 Å². The summed E-state index contributed by atoms with van der Waals surface area (Å²) in [6, 6.07) is 7.39. The minimum atomic E-state index is -0.571. The first-order valence-electron chi connectivity index (χ1n) is 7.09. The minimum Gasteiger partial charge on any atom is -0.485 e. The molecule has 0 radical (unpaired) electrons. The molecule has 1 unspecified atom stereocenters. The monoisotopic (exact) mass is 276 g/mol. The lowest BCUT2D eigenvalue weighted by Gasteiger charge is -2.26. The van der Waals surface area contributed by atoms with Crippen molar-refractivity contribution in [3.63, 3.8) is 0 Å². The van der Waals surface area contributed by atoms with Crippen molar-refractivity contribution in [1.29, 1.82) is 0 Å². The lowest BCUT2D eigenvalue weighted by Crippen LogP contribution is -2.45. The summed E-state index contributed by atoms with van der Waals surface area (Å²) in [6.45, 7) is 1.61. The Hall–Kier alpha value is -1.75. The van der Waals surface area contributed by atoms with E-state index in [1.165, 1.54) is 0 Å². The van der Waals surface area contributed by atoms with Crippen LogP contribution in [0.2, 0.25) is 0 Å². The van der Waals surface area contributed by atoms with Crippen molar-refractivity contribution in [2.24, 2.45) is 11.1 Å². The molecule has 0 bridgehead atoms. The zero-order valence-corrected chi connectivity index (χ0v) is 11.4. The van der Waals surface area contributed by atoms with Crippen LogP contribution in [0.25, 0.3) is 0 Å². The molecule has 3 rings (SSSR count). The third-order valence-corrected chi connectivity index (χ3v) is 4.07. The van der Waals surface area contributed by atoms with Gasteiger partial charge in [0, 0.05) is 6.54 Å². The molecule has 1 aliphatic carbocycles. The number of amides is 1. The predicted molar refractivity (Wildman–Crippen MR) is 74.7 cm³/mol. The van der Waals surface area contributed by atoms with Crippen LogP contribution in [0.4, 0.5) is 0 Å². The van der Waals surface area contributed by atoms with Crippen LogP contribution in [0.1, 0.15) is 19.3 Å². The van der Waals surface area contributed by atoms with Gasteiger partial charge in [0.2, 0.25) is 6.10 Å². The number of rotatable bonds is 5. The van der Waals surface area contributed by atoms with Crippen LogP contribution in [0.5, 0.6) is 11.5 Å². The Labute approximate surface area is 118 Å². The third kappa shape index (κ3) is 2.72. The Balaban J connectivity index is 1.54. The highest BCUT2D eigenvalue weighted by Gasteiger charge is 2.42. The summed E-state index contributed by atoms with van der Waals surface area (Å²) in [6.07, 6.45) is 2.70. The number of hydrogen-bond acceptors (Lipinski definition) is 4. The molecule has 1 amide bonds. The van der Waals surface area contributed by atoms with Gasteiger partial charge in [-0.2, -0.15) is 0 Å². The summed E-state index contributed by atoms with van der Waals surface area (Å²) in [5.74, 6) is 1.21. The number of carbonyl (C=O) groups is 1. The van der Waals surface area contributed by atoms with Crippen LogP contribution < -0.4 is 20.5 Å². The normalized spacial score (nSPS) is 22.1. The van der Waals surface area contributed by atoms with E-state index in [1.54, 1.807) is 0 Å². The molecule has 108 valence electrons. The molecule has 1 aromatic rings. The highest BCUT2D eigenvalue weighted by Crippen LogP contribution is 2.47. The van der Waals surface area contributed by atoms with Crippen LogP contribution in [-0.4, -0.2) is 31.7 Å². The van der Waals surface area contributed by atoms with Crippen LogP contribution in [-0.2, 0) is 4.79 Å². The fourth-order valence-corrected chi connectivity index (χ4v) is 2.54. The van der Waals surface area contributed by atoms with Crippen LogP contribution in [0.3, 0.4) is 0 Å². The van der Waals surface area contributed by atoms with Crippen molar-refractivity contribution >= 4 is 5.91 Å². The Morgan fingerprint density at radius 3 is 2.80 bits per heavy atom. The second-order valence-electron chi connectivity index (χ2n) is 5.62. The average Bonchev–Trinajstić information content (AvgIpc) is 3.25. The smallest absolute Gasteiger partial charge is 0.264 e. The lowest BCUT2D eigenvalue weighted by atomic mass is 10.0. The molecule has 1 heterocycles. The van der Waals surface area contributed by atoms with Gasteiger partial charge in [-0.3, -0.25) is 4.79 Å². The number of hydrogen-bond donors (Lipinski definition) is 2. The number of fused-ring (bicyclic) bond motifs is 1. The molecular weight excluding hydrogens is 256 g/mol. The quantitative estimate of drug-likeness (QED) is 0.843. The highest BCUT2D eigenvalue weighted by atomic mass is 16.6. The predicted octanol–water partition coefficient (Wildman–Crippen LogP) is 1.07. The Bertz CT molecular complexity index is 500. The van der Waals surface area contributed by atoms with Crippen molar-refractivity contribution in [3.05, 3.63) is 24.3 Å². The van der Waals surface area contributed by atoms with E-state index in [4.69, 9.17) is 15.2 Å². The van der Waals surface area contributed by atoms with Crippen LogP contribution in [0.15, 0.2) is 24.3 Å². The molecule has 5 heteroatoms. The molecule has 5 nitrogen and oxygen atoms in total. The average molecular weight is 276 g/mol. The van der Waals surface area contributed by atoms with Crippen molar-refractivity contribution in [3.8, 4) is 11.5 Å². The van der Waals surface area contributed by atoms with Crippen molar-refractivity contribution < 1.29 is 14.3 Å². The maximum absolute atomic E-state index is 12.1. The first kappa shape index (κ1) is 13.2. The van der Waals surface area contributed by atoms with Gasteiger partial charge in [0.05, 0.1) is 0 Å². The molecule has 1 aromatic carbocycles. The fraction of sp³-hybridized carbons (Fsp3) is 0.533. The largest absolute Gasteiger partial charge is 0.485 e. The van der Waals surface area contributed by atoms with E-state index in [0.29, 0.717) is 24.6 Å². The van der Waals surface area contributed by atoms with Gasteiger partial charge in [0.25, 0.3) is 5.91 Å². The number of ether oxygens (including phenoxy) is 2. The minimum absolute atomic E-state index is 0.109. The van der Waals surface area contributed by atoms with Crippen LogP contribution in [0, 0.1) is 5.41 Å². The van der Waals surface area contributed by atoms with Crippen LogP contribution >= 0.6 is 0 Å². The molecule has 20 heavy (non-hydrogen) atoms. The van der Waals surface area contributed by atoms with Gasteiger partial charge in [-0.1, -0.05) is 12.1 Å². The Morgan fingerprint density at radius 2 is 2.10 bits per heavy atom. The summed E-state index contributed by atoms with van der Waals surface area (Å²) in [4.78, 5) is 12.1. The van der Waals surface area contributed by atoms with E-state index < -0.39 is 6.10 Å². The molecule has 1 fully saturated rings. The van der Waals surface area contributed by atoms with E-state index in [-0.39, 0.29) is 17.9 Å². The number of para-hydroxylation sites is 2. The van der Waals surface area contributed by atoms with E-state index >= 15 is 0 Å². The summed E-state index contributed by atoms with van der Waals surface area (Å²) < 4.78 is 11.2. The van der Waals surface area contributed by atoms with E-state index in [2.05, 4.69) is 5.32 Å². The molecule has 3 N–H and O–H groups in total. The van der Waals surface area contributed by atoms with E-state index in [9.17, 15) is 4.79 Å². The number of carbonyl (C=O) groups excluding carboxylic acids is 1. The molecule has 1 saturated carbocycles. The summed E-state index contributed by atoms with van der Waals surface area (Å²) in [7, 11) is 0. The first-order valence-corrected chi connectivity index (χ1v) is 7.09. The molecule has 0 spiro atoms. The maximum Gasteiger partial charge on any atom is 0.264 e. The summed E-state index contributed by atoms with van der Waals surface area (Å²) >= 11 is 0. The molecular formula is C15H20N2O3. The SMILES string of the molecule is NCCC1(CNC(=O)C2COc3ccccc3O2)CC1. The zero-order valence-electron chi connectivity index (χ0n) is 11.4. The lowest BCUT2D eigenvalue weighted by molar-refractivity contribution is -0.130. The van der Waals surface area contributed by atoms with Gasteiger partial charge in [0.1, 0.15) is 6.61 Å². The molecule has 1 aliphatic heterocycles. The number of benzene rings is 1. The van der Waals surface area contributed by atoms with Gasteiger partial charge >= 0.3 is 0 Å². The zero-order chi connectivity index (χ0) is 14.0. The van der Waals surface area contributed by atoms with E-state index in [1.807, 2.05) is 24.3 Å². The van der Waals surface area contributed by atoms with Crippen molar-refractivity contribution in [2.75, 3.05) is 19.7 Å². The standard InChI is InChI=1S/C15H20N2O3/c16-8-7-15(5-6-15)10-17-14(18)13-9-19-11-3-1-2-4-12(11)20-13/h1-4,13H,5-10,16H2,(H,17,18).